The molecule has 148 valence electrons. The fourth-order valence-electron chi connectivity index (χ4n) is 3.27. The summed E-state index contributed by atoms with van der Waals surface area (Å²) in [5.74, 6) is 0.325. The number of aromatic amines is 1. The topological polar surface area (TPSA) is 126 Å². The number of nitrogens with one attached hydrogen (secondary N) is 3. The molecule has 1 aromatic carbocycles. The van der Waals surface area contributed by atoms with Gasteiger partial charge in [-0.1, -0.05) is 29.5 Å². The smallest absolute Gasteiger partial charge is 0.274 e. The maximum Gasteiger partial charge on any atom is 0.274 e. The van der Waals surface area contributed by atoms with Gasteiger partial charge in [-0.2, -0.15) is 5.21 Å². The first kappa shape index (κ1) is 19.9. The molecule has 0 bridgehead atoms. The number of aromatic nitrogens is 7. The van der Waals surface area contributed by atoms with E-state index in [1.165, 1.54) is 0 Å². The number of tetrazole rings is 1. The minimum atomic E-state index is -0.213. The Hall–Kier alpha value is -2.85. The van der Waals surface area contributed by atoms with Crippen LogP contribution in [0.2, 0.25) is 0 Å². The van der Waals surface area contributed by atoms with Gasteiger partial charge in [0.2, 0.25) is 5.82 Å². The summed E-state index contributed by atoms with van der Waals surface area (Å²) in [6, 6.07) is 7.93. The molecule has 4 rings (SSSR count). The Bertz CT molecular complexity index is 901. The van der Waals surface area contributed by atoms with E-state index in [2.05, 4.69) is 41.6 Å². The Kier molecular flexibility index (Phi) is 6.32. The summed E-state index contributed by atoms with van der Waals surface area (Å²) < 4.78 is 1.88. The average Bonchev–Trinajstić information content (AvgIpc) is 3.37. The Morgan fingerprint density at radius 2 is 1.96 bits per heavy atom. The van der Waals surface area contributed by atoms with Crippen LogP contribution in [0, 0.1) is 6.92 Å². The van der Waals surface area contributed by atoms with Gasteiger partial charge in [-0.15, -0.1) is 27.7 Å². The molecular weight excluding hydrogens is 382 g/mol. The first-order chi connectivity index (χ1) is 13.2. The molecule has 1 amide bonds. The van der Waals surface area contributed by atoms with Crippen LogP contribution in [0.3, 0.4) is 0 Å². The van der Waals surface area contributed by atoms with Crippen LogP contribution < -0.4 is 10.6 Å². The Morgan fingerprint density at radius 3 is 2.64 bits per heavy atom. The molecule has 0 aliphatic carbocycles. The molecule has 0 saturated carbocycles. The summed E-state index contributed by atoms with van der Waals surface area (Å²) in [4.78, 5) is 12.5. The highest BCUT2D eigenvalue weighted by Crippen LogP contribution is 2.20. The summed E-state index contributed by atoms with van der Waals surface area (Å²) in [7, 11) is 0. The van der Waals surface area contributed by atoms with Crippen molar-refractivity contribution in [3.05, 3.63) is 41.2 Å². The molecule has 1 aliphatic rings. The molecular formula is C17H22ClN9O. The zero-order valence-electron chi connectivity index (χ0n) is 15.4. The predicted molar refractivity (Wildman–Crippen MR) is 104 cm³/mol. The van der Waals surface area contributed by atoms with Crippen molar-refractivity contribution in [1.82, 2.24) is 46.3 Å². The molecule has 3 heterocycles. The number of piperidine rings is 1. The maximum absolute atomic E-state index is 12.5. The van der Waals surface area contributed by atoms with Gasteiger partial charge in [0.15, 0.2) is 5.69 Å². The molecule has 1 aliphatic heterocycles. The highest BCUT2D eigenvalue weighted by molar-refractivity contribution is 5.93. The minimum Gasteiger partial charge on any atom is -0.347 e. The second-order valence-corrected chi connectivity index (χ2v) is 6.56. The number of benzene rings is 1. The van der Waals surface area contributed by atoms with Crippen LogP contribution in [-0.2, 0) is 6.54 Å². The normalized spacial score (nSPS) is 14.5. The van der Waals surface area contributed by atoms with E-state index >= 15 is 0 Å². The largest absolute Gasteiger partial charge is 0.347 e. The van der Waals surface area contributed by atoms with E-state index in [4.69, 9.17) is 0 Å². The fraction of sp³-hybridized carbons (Fsp3) is 0.412. The van der Waals surface area contributed by atoms with Crippen molar-refractivity contribution in [2.45, 2.75) is 32.4 Å². The number of hydrogen-bond donors (Lipinski definition) is 3. The van der Waals surface area contributed by atoms with Crippen molar-refractivity contribution in [3.63, 3.8) is 0 Å². The number of halogens is 1. The predicted octanol–water partition coefficient (Wildman–Crippen LogP) is 1.04. The van der Waals surface area contributed by atoms with Gasteiger partial charge in [-0.25, -0.2) is 4.68 Å². The third kappa shape index (κ3) is 4.18. The number of nitrogens with zero attached hydrogens (tertiary/aromatic N) is 6. The molecule has 0 atom stereocenters. The Labute approximate surface area is 167 Å². The van der Waals surface area contributed by atoms with Crippen molar-refractivity contribution >= 4 is 18.3 Å². The van der Waals surface area contributed by atoms with Crippen molar-refractivity contribution in [1.29, 1.82) is 0 Å². The Morgan fingerprint density at radius 1 is 1.21 bits per heavy atom. The Balaban J connectivity index is 0.00000225. The van der Waals surface area contributed by atoms with Crippen LogP contribution in [0.1, 0.15) is 40.6 Å². The number of carbonyl (C=O) groups excluding carboxylic acids is 1. The number of carbonyl (C=O) groups is 1. The van der Waals surface area contributed by atoms with E-state index in [0.29, 0.717) is 24.1 Å². The SMILES string of the molecule is Cc1c(C(=O)NCc2ccc(-c3nn[nH]n3)cc2)nnn1C1CCNCC1.Cl. The second-order valence-electron chi connectivity index (χ2n) is 6.56. The van der Waals surface area contributed by atoms with E-state index in [-0.39, 0.29) is 18.3 Å². The van der Waals surface area contributed by atoms with Gasteiger partial charge in [-0.05, 0) is 43.6 Å². The molecule has 11 heteroatoms. The van der Waals surface area contributed by atoms with Crippen LogP contribution >= 0.6 is 12.4 Å². The zero-order valence-corrected chi connectivity index (χ0v) is 16.2. The van der Waals surface area contributed by atoms with Gasteiger partial charge in [0.1, 0.15) is 0 Å². The molecule has 3 N–H and O–H groups in total. The molecule has 0 spiro atoms. The fourth-order valence-corrected chi connectivity index (χ4v) is 3.27. The maximum atomic E-state index is 12.5. The van der Waals surface area contributed by atoms with Crippen LogP contribution in [0.25, 0.3) is 11.4 Å². The minimum absolute atomic E-state index is 0. The molecule has 1 saturated heterocycles. The summed E-state index contributed by atoms with van der Waals surface area (Å²) in [5, 5.41) is 28.4. The van der Waals surface area contributed by atoms with Gasteiger partial charge in [0.25, 0.3) is 5.91 Å². The van der Waals surface area contributed by atoms with Crippen LogP contribution in [0.4, 0.5) is 0 Å². The van der Waals surface area contributed by atoms with E-state index in [1.54, 1.807) is 0 Å². The van der Waals surface area contributed by atoms with E-state index in [1.807, 2.05) is 35.9 Å². The summed E-state index contributed by atoms with van der Waals surface area (Å²) in [6.45, 7) is 4.23. The summed E-state index contributed by atoms with van der Waals surface area (Å²) in [5.41, 5.74) is 3.03. The zero-order chi connectivity index (χ0) is 18.6. The molecule has 0 radical (unpaired) electrons. The number of hydrogen-bond acceptors (Lipinski definition) is 7. The lowest BCUT2D eigenvalue weighted by molar-refractivity contribution is 0.0945. The first-order valence-electron chi connectivity index (χ1n) is 8.96. The second kappa shape index (κ2) is 8.89. The van der Waals surface area contributed by atoms with Crippen molar-refractivity contribution < 1.29 is 4.79 Å². The van der Waals surface area contributed by atoms with Crippen molar-refractivity contribution in [2.75, 3.05) is 13.1 Å². The number of amides is 1. The van der Waals surface area contributed by atoms with Gasteiger partial charge in [-0.3, -0.25) is 4.79 Å². The molecule has 10 nitrogen and oxygen atoms in total. The van der Waals surface area contributed by atoms with Gasteiger partial charge >= 0.3 is 0 Å². The molecule has 28 heavy (non-hydrogen) atoms. The third-order valence-corrected chi connectivity index (χ3v) is 4.81. The standard InChI is InChI=1S/C17H21N9O.ClH/c1-11-15(20-25-26(11)14-6-8-18-9-7-14)17(27)19-10-12-2-4-13(5-3-12)16-21-23-24-22-16;/h2-5,14,18H,6-10H2,1H3,(H,19,27)(H,21,22,23,24);1H. The lowest BCUT2D eigenvalue weighted by atomic mass is 10.1. The van der Waals surface area contributed by atoms with Gasteiger partial charge in [0, 0.05) is 12.1 Å². The molecule has 1 fully saturated rings. The van der Waals surface area contributed by atoms with Gasteiger partial charge in [0.05, 0.1) is 11.7 Å². The van der Waals surface area contributed by atoms with E-state index in [0.717, 1.165) is 42.8 Å². The van der Waals surface area contributed by atoms with Crippen molar-refractivity contribution in [2.24, 2.45) is 0 Å². The molecule has 2 aromatic heterocycles. The monoisotopic (exact) mass is 403 g/mol. The van der Waals surface area contributed by atoms with Gasteiger partial charge < -0.3 is 10.6 Å². The summed E-state index contributed by atoms with van der Waals surface area (Å²) in [6.07, 6.45) is 2.00. The third-order valence-electron chi connectivity index (χ3n) is 4.81. The summed E-state index contributed by atoms with van der Waals surface area (Å²) >= 11 is 0. The van der Waals surface area contributed by atoms with Crippen molar-refractivity contribution in [3.8, 4) is 11.4 Å². The van der Waals surface area contributed by atoms with E-state index in [9.17, 15) is 4.79 Å². The number of rotatable bonds is 5. The number of H-pyrrole nitrogens is 1. The highest BCUT2D eigenvalue weighted by atomic mass is 35.5. The van der Waals surface area contributed by atoms with E-state index < -0.39 is 0 Å². The molecule has 0 unspecified atom stereocenters. The van der Waals surface area contributed by atoms with Crippen LogP contribution in [-0.4, -0.2) is 54.6 Å². The average molecular weight is 404 g/mol. The lowest BCUT2D eigenvalue weighted by Gasteiger charge is -2.23. The highest BCUT2D eigenvalue weighted by Gasteiger charge is 2.22. The first-order valence-corrected chi connectivity index (χ1v) is 8.96. The lowest BCUT2D eigenvalue weighted by Crippen LogP contribution is -2.30. The molecule has 3 aromatic rings. The quantitative estimate of drug-likeness (QED) is 0.581. The van der Waals surface area contributed by atoms with Crippen LogP contribution in [0.5, 0.6) is 0 Å². The van der Waals surface area contributed by atoms with Crippen LogP contribution in [0.15, 0.2) is 24.3 Å².